The van der Waals surface area contributed by atoms with Crippen molar-refractivity contribution in [2.75, 3.05) is 0 Å². The normalized spacial score (nSPS) is 15.6. The van der Waals surface area contributed by atoms with E-state index in [0.717, 1.165) is 6.42 Å². The van der Waals surface area contributed by atoms with E-state index >= 15 is 0 Å². The van der Waals surface area contributed by atoms with Gasteiger partial charge in [-0.05, 0) is 20.3 Å². The largest absolute Gasteiger partial charge is 0.393 e. The molecule has 0 aliphatic rings. The number of aliphatic hydroxyl groups is 1. The minimum Gasteiger partial charge on any atom is -0.393 e. The van der Waals surface area contributed by atoms with Crippen LogP contribution in [0.1, 0.15) is 27.2 Å². The lowest BCUT2D eigenvalue weighted by Gasteiger charge is -2.04. The van der Waals surface area contributed by atoms with Crippen molar-refractivity contribution in [3.63, 3.8) is 0 Å². The number of aliphatic hydroxyl groups excluding tert-OH is 1. The van der Waals surface area contributed by atoms with E-state index in [2.05, 4.69) is 11.8 Å². The first kappa shape index (κ1) is 8.52. The molecule has 0 rings (SSSR count). The lowest BCUT2D eigenvalue weighted by molar-refractivity contribution is 0.174. The van der Waals surface area contributed by atoms with Crippen LogP contribution in [-0.2, 0) is 0 Å². The molecule has 1 nitrogen and oxygen atoms in total. The summed E-state index contributed by atoms with van der Waals surface area (Å²) >= 11 is 0. The van der Waals surface area contributed by atoms with E-state index in [4.69, 9.17) is 5.11 Å². The summed E-state index contributed by atoms with van der Waals surface area (Å²) < 4.78 is 0. The van der Waals surface area contributed by atoms with Crippen LogP contribution in [0.15, 0.2) is 0 Å². The highest BCUT2D eigenvalue weighted by Crippen LogP contribution is 2.02. The zero-order chi connectivity index (χ0) is 7.28. The number of hydrogen-bond donors (Lipinski definition) is 1. The van der Waals surface area contributed by atoms with Crippen LogP contribution in [0.4, 0.5) is 0 Å². The molecule has 52 valence electrons. The quantitative estimate of drug-likeness (QED) is 0.555. The molecular formula is C8H14O. The molecule has 0 saturated heterocycles. The highest BCUT2D eigenvalue weighted by Gasteiger charge is 2.00. The van der Waals surface area contributed by atoms with Crippen LogP contribution in [0, 0.1) is 17.8 Å². The monoisotopic (exact) mass is 126 g/mol. The highest BCUT2D eigenvalue weighted by atomic mass is 16.3. The Kier molecular flexibility index (Phi) is 4.17. The van der Waals surface area contributed by atoms with Crippen molar-refractivity contribution in [3.05, 3.63) is 0 Å². The molecule has 2 unspecified atom stereocenters. The Balaban J connectivity index is 3.46. The van der Waals surface area contributed by atoms with Crippen LogP contribution in [-0.4, -0.2) is 11.2 Å². The Labute approximate surface area is 57.1 Å². The predicted molar refractivity (Wildman–Crippen MR) is 38.9 cm³/mol. The maximum Gasteiger partial charge on any atom is 0.0523 e. The Morgan fingerprint density at radius 2 is 2.00 bits per heavy atom. The molecule has 0 amide bonds. The minimum atomic E-state index is -0.221. The lowest BCUT2D eigenvalue weighted by Crippen LogP contribution is -2.04. The van der Waals surface area contributed by atoms with Gasteiger partial charge in [0, 0.05) is 5.92 Å². The third-order valence-electron chi connectivity index (χ3n) is 1.09. The van der Waals surface area contributed by atoms with Gasteiger partial charge >= 0.3 is 0 Å². The number of hydrogen-bond acceptors (Lipinski definition) is 1. The van der Waals surface area contributed by atoms with Crippen molar-refractivity contribution in [3.8, 4) is 11.8 Å². The van der Waals surface area contributed by atoms with Crippen LogP contribution < -0.4 is 0 Å². The minimum absolute atomic E-state index is 0.221. The molecule has 0 heterocycles. The molecule has 1 N–H and O–H groups in total. The fourth-order valence-corrected chi connectivity index (χ4v) is 0.817. The average Bonchev–Trinajstić information content (AvgIpc) is 1.63. The summed E-state index contributed by atoms with van der Waals surface area (Å²) in [5.41, 5.74) is 0. The summed E-state index contributed by atoms with van der Waals surface area (Å²) in [6, 6.07) is 0. The van der Waals surface area contributed by atoms with E-state index in [1.807, 2.05) is 13.8 Å². The fourth-order valence-electron chi connectivity index (χ4n) is 0.817. The van der Waals surface area contributed by atoms with Gasteiger partial charge in [0.05, 0.1) is 6.10 Å². The summed E-state index contributed by atoms with van der Waals surface area (Å²) in [4.78, 5) is 0. The molecule has 0 spiro atoms. The van der Waals surface area contributed by atoms with Gasteiger partial charge in [0.2, 0.25) is 0 Å². The molecule has 0 aliphatic carbocycles. The van der Waals surface area contributed by atoms with E-state index < -0.39 is 0 Å². The second-order valence-electron chi connectivity index (χ2n) is 2.38. The average molecular weight is 126 g/mol. The van der Waals surface area contributed by atoms with Crippen LogP contribution >= 0.6 is 0 Å². The van der Waals surface area contributed by atoms with E-state index in [-0.39, 0.29) is 6.10 Å². The lowest BCUT2D eigenvalue weighted by atomic mass is 10.1. The molecule has 0 saturated carbocycles. The summed E-state index contributed by atoms with van der Waals surface area (Å²) in [6.45, 7) is 5.62. The van der Waals surface area contributed by atoms with E-state index in [1.54, 1.807) is 6.92 Å². The zero-order valence-electron chi connectivity index (χ0n) is 6.31. The molecule has 1 heteroatoms. The van der Waals surface area contributed by atoms with Crippen molar-refractivity contribution in [2.24, 2.45) is 5.92 Å². The van der Waals surface area contributed by atoms with Crippen LogP contribution in [0.3, 0.4) is 0 Å². The number of rotatable bonds is 2. The van der Waals surface area contributed by atoms with Gasteiger partial charge in [-0.25, -0.2) is 0 Å². The molecule has 0 fully saturated rings. The maximum atomic E-state index is 8.88. The molecule has 0 aliphatic heterocycles. The molecule has 0 aromatic carbocycles. The van der Waals surface area contributed by atoms with Crippen LogP contribution in [0.5, 0.6) is 0 Å². The molecule has 0 aromatic rings. The van der Waals surface area contributed by atoms with Crippen molar-refractivity contribution in [1.82, 2.24) is 0 Å². The summed E-state index contributed by atoms with van der Waals surface area (Å²) in [7, 11) is 0. The van der Waals surface area contributed by atoms with Gasteiger partial charge in [0.25, 0.3) is 0 Å². The Morgan fingerprint density at radius 1 is 1.44 bits per heavy atom. The van der Waals surface area contributed by atoms with E-state index in [0.29, 0.717) is 5.92 Å². The SMILES string of the molecule is CC#CC(C)CC(C)O. The first-order valence-corrected chi connectivity index (χ1v) is 3.27. The summed E-state index contributed by atoms with van der Waals surface area (Å²) in [5.74, 6) is 6.11. The smallest absolute Gasteiger partial charge is 0.0523 e. The van der Waals surface area contributed by atoms with Crippen molar-refractivity contribution < 1.29 is 5.11 Å². The molecule has 9 heavy (non-hydrogen) atoms. The first-order valence-electron chi connectivity index (χ1n) is 3.27. The van der Waals surface area contributed by atoms with Gasteiger partial charge in [-0.2, -0.15) is 0 Å². The predicted octanol–water partition coefficient (Wildman–Crippen LogP) is 1.42. The maximum absolute atomic E-state index is 8.88. The Morgan fingerprint density at radius 3 is 2.33 bits per heavy atom. The van der Waals surface area contributed by atoms with Crippen LogP contribution in [0.2, 0.25) is 0 Å². The molecule has 0 bridgehead atoms. The Hall–Kier alpha value is -0.480. The third kappa shape index (κ3) is 5.39. The fraction of sp³-hybridized carbons (Fsp3) is 0.750. The second kappa shape index (κ2) is 4.40. The van der Waals surface area contributed by atoms with Gasteiger partial charge in [0.15, 0.2) is 0 Å². The van der Waals surface area contributed by atoms with Gasteiger partial charge in [-0.3, -0.25) is 0 Å². The van der Waals surface area contributed by atoms with Crippen LogP contribution in [0.25, 0.3) is 0 Å². The van der Waals surface area contributed by atoms with Gasteiger partial charge in [-0.15, -0.1) is 11.8 Å². The first-order chi connectivity index (χ1) is 4.16. The van der Waals surface area contributed by atoms with Gasteiger partial charge in [-0.1, -0.05) is 6.92 Å². The zero-order valence-corrected chi connectivity index (χ0v) is 6.31. The summed E-state index contributed by atoms with van der Waals surface area (Å²) in [6.07, 6.45) is 0.557. The van der Waals surface area contributed by atoms with Gasteiger partial charge < -0.3 is 5.11 Å². The van der Waals surface area contributed by atoms with E-state index in [9.17, 15) is 0 Å². The molecular weight excluding hydrogens is 112 g/mol. The van der Waals surface area contributed by atoms with Gasteiger partial charge in [0.1, 0.15) is 0 Å². The van der Waals surface area contributed by atoms with Crippen molar-refractivity contribution in [2.45, 2.75) is 33.3 Å². The highest BCUT2D eigenvalue weighted by molar-refractivity contribution is 4.99. The van der Waals surface area contributed by atoms with Crippen molar-refractivity contribution >= 4 is 0 Å². The van der Waals surface area contributed by atoms with Crippen molar-refractivity contribution in [1.29, 1.82) is 0 Å². The standard InChI is InChI=1S/C8H14O/c1-4-5-7(2)6-8(3)9/h7-9H,6H2,1-3H3. The molecule has 2 atom stereocenters. The summed E-state index contributed by atoms with van der Waals surface area (Å²) in [5, 5.41) is 8.88. The topological polar surface area (TPSA) is 20.2 Å². The second-order valence-corrected chi connectivity index (χ2v) is 2.38. The third-order valence-corrected chi connectivity index (χ3v) is 1.09. The van der Waals surface area contributed by atoms with E-state index in [1.165, 1.54) is 0 Å². The molecule has 0 aromatic heterocycles. The molecule has 0 radical (unpaired) electrons. The Bertz CT molecular complexity index is 116.